The van der Waals surface area contributed by atoms with Crippen LogP contribution in [0.1, 0.15) is 15.9 Å². The number of nitrogens with one attached hydrogen (secondary N) is 1. The summed E-state index contributed by atoms with van der Waals surface area (Å²) in [6.07, 6.45) is 1.47. The first kappa shape index (κ1) is 15.2. The fourth-order valence-electron chi connectivity index (χ4n) is 1.69. The summed E-state index contributed by atoms with van der Waals surface area (Å²) < 4.78 is 0. The standard InChI is InChI=1S/C16H14N2O4/c19-15(11-22-17-10-12-6-2-1-3-7-12)18-14-9-5-4-8-13(14)16(20)21/h1-10H,11H2,(H,18,19)(H,20,21)/p-1/b17-10+. The van der Waals surface area contributed by atoms with Crippen molar-refractivity contribution in [1.82, 2.24) is 0 Å². The van der Waals surface area contributed by atoms with Crippen LogP contribution in [0.5, 0.6) is 0 Å². The number of aromatic carboxylic acids is 1. The number of anilines is 1. The van der Waals surface area contributed by atoms with Crippen molar-refractivity contribution in [3.8, 4) is 0 Å². The molecule has 0 saturated carbocycles. The van der Waals surface area contributed by atoms with Crippen LogP contribution >= 0.6 is 0 Å². The Hall–Kier alpha value is -3.15. The summed E-state index contributed by atoms with van der Waals surface area (Å²) in [7, 11) is 0. The van der Waals surface area contributed by atoms with E-state index in [1.165, 1.54) is 18.3 Å². The first-order valence-corrected chi connectivity index (χ1v) is 6.47. The minimum absolute atomic E-state index is 0.0939. The van der Waals surface area contributed by atoms with Gasteiger partial charge < -0.3 is 20.1 Å². The Kier molecular flexibility index (Phi) is 5.25. The largest absolute Gasteiger partial charge is 0.545 e. The minimum Gasteiger partial charge on any atom is -0.545 e. The molecule has 0 aliphatic rings. The van der Waals surface area contributed by atoms with E-state index in [-0.39, 0.29) is 17.9 Å². The van der Waals surface area contributed by atoms with Crippen LogP contribution in [0.3, 0.4) is 0 Å². The number of rotatable bonds is 6. The van der Waals surface area contributed by atoms with Gasteiger partial charge in [0.15, 0.2) is 6.61 Å². The Morgan fingerprint density at radius 3 is 2.50 bits per heavy atom. The number of oxime groups is 1. The van der Waals surface area contributed by atoms with E-state index in [2.05, 4.69) is 10.5 Å². The van der Waals surface area contributed by atoms with E-state index in [1.807, 2.05) is 30.3 Å². The predicted octanol–water partition coefficient (Wildman–Crippen LogP) is 1.04. The van der Waals surface area contributed by atoms with E-state index in [1.54, 1.807) is 12.1 Å². The molecule has 0 aliphatic heterocycles. The molecule has 6 nitrogen and oxygen atoms in total. The van der Waals surface area contributed by atoms with E-state index in [9.17, 15) is 14.7 Å². The van der Waals surface area contributed by atoms with Crippen molar-refractivity contribution < 1.29 is 19.5 Å². The summed E-state index contributed by atoms with van der Waals surface area (Å²) >= 11 is 0. The molecule has 112 valence electrons. The number of carbonyl (C=O) groups is 2. The molecule has 6 heteroatoms. The fraction of sp³-hybridized carbons (Fsp3) is 0.0625. The van der Waals surface area contributed by atoms with Gasteiger partial charge in [0.05, 0.1) is 12.2 Å². The highest BCUT2D eigenvalue weighted by Crippen LogP contribution is 2.13. The zero-order valence-electron chi connectivity index (χ0n) is 11.6. The summed E-state index contributed by atoms with van der Waals surface area (Å²) in [6, 6.07) is 15.2. The van der Waals surface area contributed by atoms with Crippen molar-refractivity contribution in [2.75, 3.05) is 11.9 Å². The van der Waals surface area contributed by atoms with E-state index in [4.69, 9.17) is 4.84 Å². The first-order valence-electron chi connectivity index (χ1n) is 6.47. The molecule has 22 heavy (non-hydrogen) atoms. The second-order valence-corrected chi connectivity index (χ2v) is 4.30. The van der Waals surface area contributed by atoms with E-state index in [0.29, 0.717) is 0 Å². The Balaban J connectivity index is 1.86. The van der Waals surface area contributed by atoms with Gasteiger partial charge in [0, 0.05) is 11.3 Å². The number of amides is 1. The number of hydrogen-bond acceptors (Lipinski definition) is 5. The maximum absolute atomic E-state index is 11.7. The summed E-state index contributed by atoms with van der Waals surface area (Å²) in [5.74, 6) is -1.88. The number of carboxylic acids is 1. The monoisotopic (exact) mass is 297 g/mol. The maximum Gasteiger partial charge on any atom is 0.265 e. The molecule has 0 spiro atoms. The molecule has 0 bridgehead atoms. The number of nitrogens with zero attached hydrogens (tertiary/aromatic N) is 1. The molecule has 0 atom stereocenters. The van der Waals surface area contributed by atoms with Gasteiger partial charge in [0.2, 0.25) is 0 Å². The van der Waals surface area contributed by atoms with Gasteiger partial charge in [-0.25, -0.2) is 0 Å². The molecule has 0 aromatic heterocycles. The quantitative estimate of drug-likeness (QED) is 0.637. The zero-order valence-corrected chi connectivity index (χ0v) is 11.6. The molecule has 0 radical (unpaired) electrons. The lowest BCUT2D eigenvalue weighted by atomic mass is 10.2. The smallest absolute Gasteiger partial charge is 0.265 e. The predicted molar refractivity (Wildman–Crippen MR) is 79.4 cm³/mol. The second kappa shape index (κ2) is 7.58. The van der Waals surface area contributed by atoms with Crippen LogP contribution in [0.25, 0.3) is 0 Å². The first-order chi connectivity index (χ1) is 10.7. The van der Waals surface area contributed by atoms with Crippen LogP contribution in [-0.2, 0) is 9.63 Å². The van der Waals surface area contributed by atoms with Gasteiger partial charge in [-0.2, -0.15) is 0 Å². The van der Waals surface area contributed by atoms with Gasteiger partial charge in [-0.05, 0) is 11.6 Å². The molecule has 1 amide bonds. The van der Waals surface area contributed by atoms with Crippen molar-refractivity contribution in [2.45, 2.75) is 0 Å². The number of hydrogen-bond donors (Lipinski definition) is 1. The lowest BCUT2D eigenvalue weighted by Gasteiger charge is -2.10. The van der Waals surface area contributed by atoms with Crippen molar-refractivity contribution in [3.63, 3.8) is 0 Å². The van der Waals surface area contributed by atoms with Crippen LogP contribution in [0, 0.1) is 0 Å². The van der Waals surface area contributed by atoms with Crippen LogP contribution < -0.4 is 10.4 Å². The average molecular weight is 297 g/mol. The second-order valence-electron chi connectivity index (χ2n) is 4.30. The number of carboxylic acid groups (broad SMARTS) is 1. The van der Waals surface area contributed by atoms with E-state index < -0.39 is 11.9 Å². The van der Waals surface area contributed by atoms with Gasteiger partial charge in [0.25, 0.3) is 5.91 Å². The molecule has 0 heterocycles. The number of para-hydroxylation sites is 1. The highest BCUT2D eigenvalue weighted by molar-refractivity contribution is 6.00. The van der Waals surface area contributed by atoms with Gasteiger partial charge >= 0.3 is 0 Å². The molecule has 0 aliphatic carbocycles. The van der Waals surface area contributed by atoms with Crippen molar-refractivity contribution >= 4 is 23.8 Å². The Morgan fingerprint density at radius 2 is 1.77 bits per heavy atom. The Labute approximate surface area is 127 Å². The van der Waals surface area contributed by atoms with Crippen molar-refractivity contribution in [2.24, 2.45) is 5.16 Å². The normalized spacial score (nSPS) is 10.4. The summed E-state index contributed by atoms with van der Waals surface area (Å²) in [5.41, 5.74) is 0.900. The van der Waals surface area contributed by atoms with Gasteiger partial charge in [-0.3, -0.25) is 4.79 Å². The van der Waals surface area contributed by atoms with Crippen LogP contribution in [0.4, 0.5) is 5.69 Å². The third-order valence-electron chi connectivity index (χ3n) is 2.69. The molecular formula is C16H13N2O4-. The molecule has 2 aromatic carbocycles. The van der Waals surface area contributed by atoms with Gasteiger partial charge in [0.1, 0.15) is 0 Å². The van der Waals surface area contributed by atoms with E-state index >= 15 is 0 Å². The van der Waals surface area contributed by atoms with Gasteiger partial charge in [-0.1, -0.05) is 53.7 Å². The Bertz CT molecular complexity index is 684. The molecule has 2 aromatic rings. The Morgan fingerprint density at radius 1 is 1.09 bits per heavy atom. The number of benzene rings is 2. The lowest BCUT2D eigenvalue weighted by molar-refractivity contribution is -0.254. The minimum atomic E-state index is -1.36. The number of carbonyl (C=O) groups excluding carboxylic acids is 2. The lowest BCUT2D eigenvalue weighted by Crippen LogP contribution is -2.25. The highest BCUT2D eigenvalue weighted by Gasteiger charge is 2.07. The molecule has 0 unspecified atom stereocenters. The zero-order chi connectivity index (χ0) is 15.8. The summed E-state index contributed by atoms with van der Waals surface area (Å²) in [4.78, 5) is 27.4. The molecule has 1 N–H and O–H groups in total. The summed E-state index contributed by atoms with van der Waals surface area (Å²) in [5, 5.41) is 17.0. The third kappa shape index (κ3) is 4.45. The average Bonchev–Trinajstić information content (AvgIpc) is 2.53. The molecule has 2 rings (SSSR count). The topological polar surface area (TPSA) is 90.8 Å². The molecule has 0 fully saturated rings. The van der Waals surface area contributed by atoms with E-state index in [0.717, 1.165) is 5.56 Å². The van der Waals surface area contributed by atoms with Crippen molar-refractivity contribution in [1.29, 1.82) is 0 Å². The van der Waals surface area contributed by atoms with Gasteiger partial charge in [-0.15, -0.1) is 0 Å². The van der Waals surface area contributed by atoms with Crippen LogP contribution in [0.2, 0.25) is 0 Å². The SMILES string of the molecule is O=C(CO/N=C/c1ccccc1)Nc1ccccc1C(=O)[O-]. The van der Waals surface area contributed by atoms with Crippen LogP contribution in [-0.4, -0.2) is 24.7 Å². The third-order valence-corrected chi connectivity index (χ3v) is 2.69. The molecule has 0 saturated heterocycles. The fourth-order valence-corrected chi connectivity index (χ4v) is 1.69. The molecular weight excluding hydrogens is 284 g/mol. The van der Waals surface area contributed by atoms with Crippen LogP contribution in [0.15, 0.2) is 59.8 Å². The van der Waals surface area contributed by atoms with Crippen molar-refractivity contribution in [3.05, 3.63) is 65.7 Å². The maximum atomic E-state index is 11.7. The summed E-state index contributed by atoms with van der Waals surface area (Å²) in [6.45, 7) is -0.329. The highest BCUT2D eigenvalue weighted by atomic mass is 16.6.